The first-order valence-corrected chi connectivity index (χ1v) is 7.03. The third-order valence-electron chi connectivity index (χ3n) is 3.40. The van der Waals surface area contributed by atoms with E-state index in [2.05, 4.69) is 12.2 Å². The van der Waals surface area contributed by atoms with Crippen LogP contribution in [0.25, 0.3) is 11.0 Å². The van der Waals surface area contributed by atoms with Crippen LogP contribution in [0.3, 0.4) is 0 Å². The van der Waals surface area contributed by atoms with E-state index in [9.17, 15) is 0 Å². The molecule has 1 aromatic carbocycles. The SMILES string of the molecule is CCNC(c1cc2cc(Cl)ccc2o1)c1ccoc1C. The Morgan fingerprint density at radius 2 is 2.10 bits per heavy atom. The summed E-state index contributed by atoms with van der Waals surface area (Å²) in [6.07, 6.45) is 1.70. The molecule has 0 radical (unpaired) electrons. The normalized spacial score (nSPS) is 12.9. The van der Waals surface area contributed by atoms with Crippen LogP contribution in [0.4, 0.5) is 0 Å². The van der Waals surface area contributed by atoms with Gasteiger partial charge in [0.25, 0.3) is 0 Å². The molecule has 3 rings (SSSR count). The average Bonchev–Trinajstić information content (AvgIpc) is 3.01. The fourth-order valence-electron chi connectivity index (χ4n) is 2.44. The predicted octanol–water partition coefficient (Wildman–Crippen LogP) is 4.69. The number of halogens is 1. The van der Waals surface area contributed by atoms with Crippen LogP contribution in [0.2, 0.25) is 5.02 Å². The zero-order chi connectivity index (χ0) is 14.1. The molecule has 0 fully saturated rings. The van der Waals surface area contributed by atoms with E-state index < -0.39 is 0 Å². The lowest BCUT2D eigenvalue weighted by atomic mass is 10.1. The number of aryl methyl sites for hydroxylation is 1. The van der Waals surface area contributed by atoms with Crippen LogP contribution in [-0.4, -0.2) is 6.54 Å². The van der Waals surface area contributed by atoms with Crippen LogP contribution in [-0.2, 0) is 0 Å². The van der Waals surface area contributed by atoms with Crippen molar-refractivity contribution in [1.82, 2.24) is 5.32 Å². The number of benzene rings is 1. The molecule has 0 amide bonds. The van der Waals surface area contributed by atoms with Gasteiger partial charge in [0.15, 0.2) is 0 Å². The molecule has 1 atom stereocenters. The van der Waals surface area contributed by atoms with E-state index in [1.54, 1.807) is 6.26 Å². The molecular weight excluding hydrogens is 274 g/mol. The first-order chi connectivity index (χ1) is 9.69. The van der Waals surface area contributed by atoms with Crippen LogP contribution in [0.15, 0.2) is 45.4 Å². The Morgan fingerprint density at radius 1 is 1.25 bits per heavy atom. The van der Waals surface area contributed by atoms with Crippen molar-refractivity contribution in [3.8, 4) is 0 Å². The molecule has 0 spiro atoms. The molecule has 0 bridgehead atoms. The Morgan fingerprint density at radius 3 is 2.80 bits per heavy atom. The lowest BCUT2D eigenvalue weighted by Crippen LogP contribution is -2.21. The molecule has 4 heteroatoms. The summed E-state index contributed by atoms with van der Waals surface area (Å²) in [5.41, 5.74) is 1.94. The van der Waals surface area contributed by atoms with Crippen molar-refractivity contribution in [2.24, 2.45) is 0 Å². The van der Waals surface area contributed by atoms with Crippen LogP contribution in [0, 0.1) is 6.92 Å². The summed E-state index contributed by atoms with van der Waals surface area (Å²) < 4.78 is 11.4. The minimum absolute atomic E-state index is 0.00933. The average molecular weight is 290 g/mol. The lowest BCUT2D eigenvalue weighted by Gasteiger charge is -2.14. The first kappa shape index (κ1) is 13.3. The number of hydrogen-bond donors (Lipinski definition) is 1. The molecule has 1 N–H and O–H groups in total. The summed E-state index contributed by atoms with van der Waals surface area (Å²) in [6.45, 7) is 4.87. The molecule has 2 heterocycles. The van der Waals surface area contributed by atoms with E-state index in [1.165, 1.54) is 0 Å². The molecule has 20 heavy (non-hydrogen) atoms. The zero-order valence-electron chi connectivity index (χ0n) is 11.4. The number of rotatable bonds is 4. The summed E-state index contributed by atoms with van der Waals surface area (Å²) in [5.74, 6) is 1.77. The minimum Gasteiger partial charge on any atom is -0.469 e. The summed E-state index contributed by atoms with van der Waals surface area (Å²) in [7, 11) is 0. The Hall–Kier alpha value is -1.71. The molecule has 2 aromatic heterocycles. The second-order valence-corrected chi connectivity index (χ2v) is 5.19. The van der Waals surface area contributed by atoms with Gasteiger partial charge in [-0.25, -0.2) is 0 Å². The van der Waals surface area contributed by atoms with Gasteiger partial charge >= 0.3 is 0 Å². The van der Waals surface area contributed by atoms with E-state index in [0.717, 1.165) is 34.6 Å². The second-order valence-electron chi connectivity index (χ2n) is 4.75. The topological polar surface area (TPSA) is 38.3 Å². The third kappa shape index (κ3) is 2.35. The molecule has 0 aliphatic carbocycles. The highest BCUT2D eigenvalue weighted by molar-refractivity contribution is 6.31. The van der Waals surface area contributed by atoms with Crippen molar-refractivity contribution >= 4 is 22.6 Å². The zero-order valence-corrected chi connectivity index (χ0v) is 12.2. The predicted molar refractivity (Wildman–Crippen MR) is 80.2 cm³/mol. The number of furan rings is 2. The van der Waals surface area contributed by atoms with Gasteiger partial charge in [0, 0.05) is 16.0 Å². The van der Waals surface area contributed by atoms with Crippen molar-refractivity contribution in [3.63, 3.8) is 0 Å². The van der Waals surface area contributed by atoms with Gasteiger partial charge in [0.2, 0.25) is 0 Å². The van der Waals surface area contributed by atoms with E-state index in [-0.39, 0.29) is 6.04 Å². The lowest BCUT2D eigenvalue weighted by molar-refractivity contribution is 0.465. The largest absolute Gasteiger partial charge is 0.469 e. The van der Waals surface area contributed by atoms with Gasteiger partial charge in [-0.2, -0.15) is 0 Å². The van der Waals surface area contributed by atoms with Gasteiger partial charge in [0.05, 0.1) is 12.3 Å². The number of nitrogens with one attached hydrogen (secondary N) is 1. The molecule has 0 aliphatic heterocycles. The smallest absolute Gasteiger partial charge is 0.134 e. The van der Waals surface area contributed by atoms with Crippen molar-refractivity contribution in [2.45, 2.75) is 19.9 Å². The highest BCUT2D eigenvalue weighted by Crippen LogP contribution is 2.31. The Kier molecular flexibility index (Phi) is 3.55. The second kappa shape index (κ2) is 5.35. The Bertz CT molecular complexity index is 729. The van der Waals surface area contributed by atoms with Crippen molar-refractivity contribution < 1.29 is 8.83 Å². The Labute approximate surface area is 122 Å². The molecule has 1 unspecified atom stereocenters. The first-order valence-electron chi connectivity index (χ1n) is 6.65. The van der Waals surface area contributed by atoms with Crippen molar-refractivity contribution in [2.75, 3.05) is 6.54 Å². The van der Waals surface area contributed by atoms with Crippen molar-refractivity contribution in [1.29, 1.82) is 0 Å². The monoisotopic (exact) mass is 289 g/mol. The van der Waals surface area contributed by atoms with Gasteiger partial charge in [-0.1, -0.05) is 18.5 Å². The molecule has 0 saturated carbocycles. The number of hydrogen-bond acceptors (Lipinski definition) is 3. The fraction of sp³-hybridized carbons (Fsp3) is 0.250. The van der Waals surface area contributed by atoms with Gasteiger partial charge in [0.1, 0.15) is 17.1 Å². The van der Waals surface area contributed by atoms with Gasteiger partial charge in [-0.15, -0.1) is 0 Å². The Balaban J connectivity index is 2.07. The van der Waals surface area contributed by atoms with E-state index in [1.807, 2.05) is 37.3 Å². The van der Waals surface area contributed by atoms with E-state index in [0.29, 0.717) is 5.02 Å². The molecule has 0 aliphatic rings. The van der Waals surface area contributed by atoms with E-state index in [4.69, 9.17) is 20.4 Å². The number of fused-ring (bicyclic) bond motifs is 1. The van der Waals surface area contributed by atoms with Crippen LogP contribution < -0.4 is 5.32 Å². The van der Waals surface area contributed by atoms with Gasteiger partial charge < -0.3 is 14.2 Å². The molecule has 104 valence electrons. The van der Waals surface area contributed by atoms with Crippen LogP contribution in [0.1, 0.15) is 30.0 Å². The molecule has 3 nitrogen and oxygen atoms in total. The van der Waals surface area contributed by atoms with Crippen LogP contribution in [0.5, 0.6) is 0 Å². The quantitative estimate of drug-likeness (QED) is 0.757. The minimum atomic E-state index is -0.00933. The van der Waals surface area contributed by atoms with Gasteiger partial charge in [-0.3, -0.25) is 0 Å². The standard InChI is InChI=1S/C16H16ClNO2/c1-3-18-16(13-6-7-19-10(13)2)15-9-11-8-12(17)4-5-14(11)20-15/h4-9,16,18H,3H2,1-2H3. The summed E-state index contributed by atoms with van der Waals surface area (Å²) in [5, 5.41) is 5.15. The maximum absolute atomic E-state index is 6.02. The molecule has 0 saturated heterocycles. The summed E-state index contributed by atoms with van der Waals surface area (Å²) in [4.78, 5) is 0. The molecule has 3 aromatic rings. The maximum Gasteiger partial charge on any atom is 0.134 e. The summed E-state index contributed by atoms with van der Waals surface area (Å²) >= 11 is 6.02. The maximum atomic E-state index is 6.02. The summed E-state index contributed by atoms with van der Waals surface area (Å²) in [6, 6.07) is 9.64. The third-order valence-corrected chi connectivity index (χ3v) is 3.64. The van der Waals surface area contributed by atoms with Crippen LogP contribution >= 0.6 is 11.6 Å². The van der Waals surface area contributed by atoms with E-state index >= 15 is 0 Å². The highest BCUT2D eigenvalue weighted by Gasteiger charge is 2.21. The molecular formula is C16H16ClNO2. The fourth-order valence-corrected chi connectivity index (χ4v) is 2.62. The van der Waals surface area contributed by atoms with Crippen molar-refractivity contribution in [3.05, 3.63) is 58.7 Å². The highest BCUT2D eigenvalue weighted by atomic mass is 35.5. The van der Waals surface area contributed by atoms with Gasteiger partial charge in [-0.05, 0) is 43.8 Å².